The summed E-state index contributed by atoms with van der Waals surface area (Å²) in [5, 5.41) is 0. The number of methoxy groups -OCH3 is 1. The predicted octanol–water partition coefficient (Wildman–Crippen LogP) is 0.612. The van der Waals surface area contributed by atoms with Crippen molar-refractivity contribution in [3.63, 3.8) is 0 Å². The first-order valence-electron chi connectivity index (χ1n) is 5.17. The summed E-state index contributed by atoms with van der Waals surface area (Å²) in [4.78, 5) is 27.2. The van der Waals surface area contributed by atoms with Crippen molar-refractivity contribution in [3.05, 3.63) is 40.8 Å². The Balaban J connectivity index is 2.48. The van der Waals surface area contributed by atoms with E-state index in [2.05, 4.69) is 4.98 Å². The molecule has 0 radical (unpaired) electrons. The lowest BCUT2D eigenvalue weighted by Crippen LogP contribution is -2.26. The molecule has 5 heteroatoms. The van der Waals surface area contributed by atoms with Crippen molar-refractivity contribution in [1.29, 1.82) is 0 Å². The fourth-order valence-electron chi connectivity index (χ4n) is 1.66. The molecule has 0 spiro atoms. The monoisotopic (exact) mass is 232 g/mol. The van der Waals surface area contributed by atoms with E-state index in [-0.39, 0.29) is 24.5 Å². The molecule has 0 atom stereocenters. The van der Waals surface area contributed by atoms with Gasteiger partial charge in [-0.2, -0.15) is 0 Å². The number of para-hydroxylation sites is 2. The Hall–Kier alpha value is -2.01. The first kappa shape index (κ1) is 11.5. The number of ether oxygens (including phenoxy) is 1. The minimum atomic E-state index is -0.284. The molecule has 1 heterocycles. The van der Waals surface area contributed by atoms with Crippen LogP contribution in [0.4, 0.5) is 0 Å². The Bertz CT molecular complexity index is 604. The van der Waals surface area contributed by atoms with E-state index in [1.165, 1.54) is 17.9 Å². The van der Waals surface area contributed by atoms with Crippen molar-refractivity contribution < 1.29 is 9.53 Å². The van der Waals surface area contributed by atoms with Crippen molar-refractivity contribution in [1.82, 2.24) is 9.55 Å². The van der Waals surface area contributed by atoms with Crippen molar-refractivity contribution in [2.75, 3.05) is 13.7 Å². The van der Waals surface area contributed by atoms with E-state index in [4.69, 9.17) is 4.74 Å². The predicted molar refractivity (Wildman–Crippen MR) is 62.9 cm³/mol. The van der Waals surface area contributed by atoms with Gasteiger partial charge in [-0.1, -0.05) is 12.1 Å². The molecule has 0 amide bonds. The number of hydrogen-bond donors (Lipinski definition) is 0. The lowest BCUT2D eigenvalue weighted by Gasteiger charge is -2.07. The minimum absolute atomic E-state index is 0.00307. The van der Waals surface area contributed by atoms with Crippen molar-refractivity contribution >= 4 is 16.8 Å². The molecule has 0 aliphatic heterocycles. The summed E-state index contributed by atoms with van der Waals surface area (Å²) in [5.41, 5.74) is 1.06. The second-order valence-electron chi connectivity index (χ2n) is 3.64. The first-order valence-corrected chi connectivity index (χ1v) is 5.17. The van der Waals surface area contributed by atoms with Gasteiger partial charge in [0.05, 0.1) is 23.8 Å². The number of aromatic nitrogens is 2. The molecule has 0 aliphatic rings. The van der Waals surface area contributed by atoms with Gasteiger partial charge in [-0.05, 0) is 12.1 Å². The molecule has 2 rings (SSSR count). The van der Waals surface area contributed by atoms with Gasteiger partial charge in [-0.3, -0.25) is 14.2 Å². The van der Waals surface area contributed by atoms with Crippen LogP contribution in [0.3, 0.4) is 0 Å². The third kappa shape index (κ3) is 2.39. The highest BCUT2D eigenvalue weighted by atomic mass is 16.5. The number of nitrogens with zero attached hydrogens (tertiary/aromatic N) is 2. The first-order chi connectivity index (χ1) is 8.22. The second kappa shape index (κ2) is 4.88. The number of fused-ring (bicyclic) bond motifs is 1. The second-order valence-corrected chi connectivity index (χ2v) is 3.64. The summed E-state index contributed by atoms with van der Waals surface area (Å²) in [6.45, 7) is 0.0127. The van der Waals surface area contributed by atoms with Gasteiger partial charge in [-0.25, -0.2) is 4.98 Å². The number of benzene rings is 1. The van der Waals surface area contributed by atoms with Gasteiger partial charge >= 0.3 is 0 Å². The minimum Gasteiger partial charge on any atom is -0.377 e. The molecular formula is C12H12N2O3. The van der Waals surface area contributed by atoms with Crippen LogP contribution in [-0.2, 0) is 16.1 Å². The van der Waals surface area contributed by atoms with E-state index >= 15 is 0 Å². The van der Waals surface area contributed by atoms with E-state index in [9.17, 15) is 9.59 Å². The fourth-order valence-corrected chi connectivity index (χ4v) is 1.66. The van der Waals surface area contributed by atoms with Crippen LogP contribution >= 0.6 is 0 Å². The number of carbonyl (C=O) groups excluding carboxylic acids is 1. The van der Waals surface area contributed by atoms with Gasteiger partial charge in [0.2, 0.25) is 0 Å². The molecule has 0 N–H and O–H groups in total. The molecule has 0 aliphatic carbocycles. The molecule has 0 fully saturated rings. The Labute approximate surface area is 97.7 Å². The summed E-state index contributed by atoms with van der Waals surface area (Å²) in [5.74, 6) is -0.147. The van der Waals surface area contributed by atoms with E-state index in [0.717, 1.165) is 0 Å². The lowest BCUT2D eigenvalue weighted by molar-refractivity contribution is -0.123. The highest BCUT2D eigenvalue weighted by Crippen LogP contribution is 2.07. The molecule has 1 aromatic heterocycles. The highest BCUT2D eigenvalue weighted by Gasteiger charge is 2.08. The van der Waals surface area contributed by atoms with Crippen LogP contribution < -0.4 is 5.56 Å². The maximum absolute atomic E-state index is 11.7. The quantitative estimate of drug-likeness (QED) is 0.775. The number of Topliss-reactive ketones (excluding diaryl/α,β-unsaturated/α-hetero) is 1. The van der Waals surface area contributed by atoms with Crippen LogP contribution in [0, 0.1) is 0 Å². The SMILES string of the molecule is COCC(=O)Cn1c(=O)cnc2ccccc21. The topological polar surface area (TPSA) is 61.2 Å². The van der Waals surface area contributed by atoms with Crippen LogP contribution in [0.25, 0.3) is 11.0 Å². The summed E-state index contributed by atoms with van der Waals surface area (Å²) < 4.78 is 6.15. The molecule has 5 nitrogen and oxygen atoms in total. The van der Waals surface area contributed by atoms with E-state index in [1.807, 2.05) is 6.07 Å². The number of carbonyl (C=O) groups is 1. The molecule has 0 saturated heterocycles. The zero-order chi connectivity index (χ0) is 12.3. The molecule has 2 aromatic rings. The maximum Gasteiger partial charge on any atom is 0.269 e. The third-order valence-electron chi connectivity index (χ3n) is 2.39. The van der Waals surface area contributed by atoms with Crippen LogP contribution in [0.5, 0.6) is 0 Å². The summed E-state index contributed by atoms with van der Waals surface area (Å²) in [6.07, 6.45) is 1.22. The van der Waals surface area contributed by atoms with Crippen molar-refractivity contribution in [2.24, 2.45) is 0 Å². The van der Waals surface area contributed by atoms with Gasteiger partial charge in [0.25, 0.3) is 5.56 Å². The number of ketones is 1. The Morgan fingerprint density at radius 1 is 1.41 bits per heavy atom. The van der Waals surface area contributed by atoms with Gasteiger partial charge in [-0.15, -0.1) is 0 Å². The van der Waals surface area contributed by atoms with E-state index < -0.39 is 0 Å². The smallest absolute Gasteiger partial charge is 0.269 e. The maximum atomic E-state index is 11.7. The van der Waals surface area contributed by atoms with Crippen LogP contribution in [-0.4, -0.2) is 29.1 Å². The Kier molecular flexibility index (Phi) is 3.30. The van der Waals surface area contributed by atoms with Crippen molar-refractivity contribution in [2.45, 2.75) is 6.54 Å². The summed E-state index contributed by atoms with van der Waals surface area (Å²) in [6, 6.07) is 7.21. The van der Waals surface area contributed by atoms with Crippen LogP contribution in [0.15, 0.2) is 35.3 Å². The van der Waals surface area contributed by atoms with Crippen LogP contribution in [0.2, 0.25) is 0 Å². The zero-order valence-electron chi connectivity index (χ0n) is 9.42. The van der Waals surface area contributed by atoms with E-state index in [0.29, 0.717) is 11.0 Å². The van der Waals surface area contributed by atoms with Gasteiger partial charge in [0.15, 0.2) is 5.78 Å². The van der Waals surface area contributed by atoms with Gasteiger partial charge < -0.3 is 4.74 Å². The number of rotatable bonds is 4. The van der Waals surface area contributed by atoms with Gasteiger partial charge in [0.1, 0.15) is 6.61 Å². The Morgan fingerprint density at radius 3 is 2.94 bits per heavy atom. The molecule has 0 saturated carbocycles. The Morgan fingerprint density at radius 2 is 2.18 bits per heavy atom. The lowest BCUT2D eigenvalue weighted by atomic mass is 10.3. The third-order valence-corrected chi connectivity index (χ3v) is 2.39. The van der Waals surface area contributed by atoms with E-state index in [1.54, 1.807) is 18.2 Å². The fraction of sp³-hybridized carbons (Fsp3) is 0.250. The largest absolute Gasteiger partial charge is 0.377 e. The number of hydrogen-bond acceptors (Lipinski definition) is 4. The average molecular weight is 232 g/mol. The standard InChI is InChI=1S/C12H12N2O3/c1-17-8-9(15)7-14-11-5-3-2-4-10(11)13-6-12(14)16/h2-6H,7-8H2,1H3. The zero-order valence-corrected chi connectivity index (χ0v) is 9.42. The molecule has 88 valence electrons. The molecular weight excluding hydrogens is 220 g/mol. The average Bonchev–Trinajstić information content (AvgIpc) is 2.33. The van der Waals surface area contributed by atoms with Crippen molar-refractivity contribution in [3.8, 4) is 0 Å². The van der Waals surface area contributed by atoms with Crippen LogP contribution in [0.1, 0.15) is 0 Å². The molecule has 17 heavy (non-hydrogen) atoms. The molecule has 0 unspecified atom stereocenters. The highest BCUT2D eigenvalue weighted by molar-refractivity contribution is 5.82. The summed E-state index contributed by atoms with van der Waals surface area (Å²) in [7, 11) is 1.45. The molecule has 1 aromatic carbocycles. The normalized spacial score (nSPS) is 10.6. The van der Waals surface area contributed by atoms with Gasteiger partial charge in [0, 0.05) is 7.11 Å². The summed E-state index contributed by atoms with van der Waals surface area (Å²) >= 11 is 0. The molecule has 0 bridgehead atoms.